The second-order valence-electron chi connectivity index (χ2n) is 6.84. The van der Waals surface area contributed by atoms with Gasteiger partial charge in [-0.1, -0.05) is 19.8 Å². The zero-order valence-electron chi connectivity index (χ0n) is 14.2. The molecule has 1 unspecified atom stereocenters. The largest absolute Gasteiger partial charge is 0.349 e. The fourth-order valence-electron chi connectivity index (χ4n) is 2.84. The van der Waals surface area contributed by atoms with E-state index in [-0.39, 0.29) is 23.9 Å². The molecule has 3 N–H and O–H groups in total. The van der Waals surface area contributed by atoms with Gasteiger partial charge in [0.05, 0.1) is 7.05 Å². The molecule has 1 fully saturated rings. The lowest BCUT2D eigenvalue weighted by molar-refractivity contribution is -0.886. The Hall–Kier alpha value is -1.10. The SMILES string of the molecule is CC(C)NC(=O)C[NH+](C)[C@H](C)C(=O)N[C@@H]1CCCC[C@H]1C. The van der Waals surface area contributed by atoms with Crippen LogP contribution in [0.25, 0.3) is 0 Å². The molecule has 0 saturated heterocycles. The summed E-state index contributed by atoms with van der Waals surface area (Å²) in [5.74, 6) is 0.608. The zero-order valence-corrected chi connectivity index (χ0v) is 14.2. The van der Waals surface area contributed by atoms with Gasteiger partial charge in [0.1, 0.15) is 0 Å². The molecule has 0 heterocycles. The fourth-order valence-corrected chi connectivity index (χ4v) is 2.84. The van der Waals surface area contributed by atoms with Gasteiger partial charge in [-0.2, -0.15) is 0 Å². The van der Waals surface area contributed by atoms with Crippen LogP contribution in [-0.4, -0.2) is 43.5 Å². The van der Waals surface area contributed by atoms with Gasteiger partial charge in [0.25, 0.3) is 11.8 Å². The summed E-state index contributed by atoms with van der Waals surface area (Å²) in [6.07, 6.45) is 4.73. The van der Waals surface area contributed by atoms with Crippen LogP contribution in [0.5, 0.6) is 0 Å². The van der Waals surface area contributed by atoms with Crippen molar-refractivity contribution in [1.82, 2.24) is 10.6 Å². The van der Waals surface area contributed by atoms with Crippen molar-refractivity contribution in [2.75, 3.05) is 13.6 Å². The van der Waals surface area contributed by atoms with Crippen molar-refractivity contribution in [2.45, 2.75) is 71.5 Å². The van der Waals surface area contributed by atoms with Gasteiger partial charge in [0, 0.05) is 12.1 Å². The summed E-state index contributed by atoms with van der Waals surface area (Å²) in [4.78, 5) is 25.0. The zero-order chi connectivity index (χ0) is 16.0. The predicted molar refractivity (Wildman–Crippen MR) is 84.1 cm³/mol. The predicted octanol–water partition coefficient (Wildman–Crippen LogP) is 0.109. The van der Waals surface area contributed by atoms with Crippen LogP contribution in [0.2, 0.25) is 0 Å². The van der Waals surface area contributed by atoms with Crippen LogP contribution < -0.4 is 15.5 Å². The van der Waals surface area contributed by atoms with E-state index in [1.165, 1.54) is 19.3 Å². The smallest absolute Gasteiger partial charge is 0.278 e. The minimum atomic E-state index is -0.211. The van der Waals surface area contributed by atoms with Crippen LogP contribution in [0.1, 0.15) is 53.4 Å². The molecule has 1 aliphatic carbocycles. The summed E-state index contributed by atoms with van der Waals surface area (Å²) in [5, 5.41) is 6.04. The summed E-state index contributed by atoms with van der Waals surface area (Å²) in [6, 6.07) is 0.223. The first-order chi connectivity index (χ1) is 9.81. The van der Waals surface area contributed by atoms with Crippen molar-refractivity contribution in [1.29, 1.82) is 0 Å². The molecule has 0 radical (unpaired) electrons. The molecular formula is C16H32N3O2+. The van der Waals surface area contributed by atoms with Gasteiger partial charge in [0.2, 0.25) is 0 Å². The van der Waals surface area contributed by atoms with Gasteiger partial charge >= 0.3 is 0 Å². The average Bonchev–Trinajstić information content (AvgIpc) is 2.39. The number of hydrogen-bond acceptors (Lipinski definition) is 2. The maximum atomic E-state index is 12.3. The number of hydrogen-bond donors (Lipinski definition) is 3. The molecule has 0 aromatic rings. The first kappa shape index (κ1) is 18.0. The average molecular weight is 298 g/mol. The van der Waals surface area contributed by atoms with Gasteiger partial charge in [0.15, 0.2) is 12.6 Å². The third-order valence-corrected chi connectivity index (χ3v) is 4.46. The Morgan fingerprint density at radius 1 is 1.19 bits per heavy atom. The first-order valence-corrected chi connectivity index (χ1v) is 8.23. The summed E-state index contributed by atoms with van der Waals surface area (Å²) < 4.78 is 0. The third-order valence-electron chi connectivity index (χ3n) is 4.46. The second kappa shape index (κ2) is 8.37. The minimum Gasteiger partial charge on any atom is -0.349 e. The van der Waals surface area contributed by atoms with Crippen LogP contribution in [-0.2, 0) is 9.59 Å². The lowest BCUT2D eigenvalue weighted by Crippen LogP contribution is -3.15. The molecular weight excluding hydrogens is 266 g/mol. The van der Waals surface area contributed by atoms with Crippen molar-refractivity contribution >= 4 is 11.8 Å². The molecule has 1 aliphatic rings. The molecule has 5 heteroatoms. The third kappa shape index (κ3) is 6.04. The van der Waals surface area contributed by atoms with Crippen LogP contribution >= 0.6 is 0 Å². The molecule has 4 atom stereocenters. The molecule has 0 aliphatic heterocycles. The molecule has 0 bridgehead atoms. The van der Waals surface area contributed by atoms with E-state index in [9.17, 15) is 9.59 Å². The van der Waals surface area contributed by atoms with E-state index in [1.807, 2.05) is 27.8 Å². The van der Waals surface area contributed by atoms with E-state index in [1.54, 1.807) is 0 Å². The topological polar surface area (TPSA) is 62.6 Å². The van der Waals surface area contributed by atoms with Gasteiger partial charge in [-0.05, 0) is 39.5 Å². The molecule has 0 aromatic carbocycles. The number of nitrogens with one attached hydrogen (secondary N) is 3. The van der Waals surface area contributed by atoms with Gasteiger partial charge in [-0.15, -0.1) is 0 Å². The highest BCUT2D eigenvalue weighted by Gasteiger charge is 2.28. The minimum absolute atomic E-state index is 0.00631. The van der Waals surface area contributed by atoms with Crippen molar-refractivity contribution < 1.29 is 14.5 Å². The number of amides is 2. The number of quaternary nitrogens is 1. The van der Waals surface area contributed by atoms with Crippen LogP contribution in [0.3, 0.4) is 0 Å². The highest BCUT2D eigenvalue weighted by atomic mass is 16.2. The molecule has 0 aromatic heterocycles. The van der Waals surface area contributed by atoms with Crippen LogP contribution in [0, 0.1) is 5.92 Å². The lowest BCUT2D eigenvalue weighted by Gasteiger charge is -2.31. The second-order valence-corrected chi connectivity index (χ2v) is 6.84. The Morgan fingerprint density at radius 2 is 1.81 bits per heavy atom. The normalized spacial score (nSPS) is 25.2. The van der Waals surface area contributed by atoms with Crippen molar-refractivity contribution in [2.24, 2.45) is 5.92 Å². The molecule has 5 nitrogen and oxygen atoms in total. The quantitative estimate of drug-likeness (QED) is 0.652. The Kier molecular flexibility index (Phi) is 7.15. The molecule has 0 spiro atoms. The van der Waals surface area contributed by atoms with Crippen molar-refractivity contribution in [3.8, 4) is 0 Å². The summed E-state index contributed by atoms with van der Waals surface area (Å²) in [6.45, 7) is 8.30. The highest BCUT2D eigenvalue weighted by molar-refractivity contribution is 5.81. The maximum Gasteiger partial charge on any atom is 0.278 e. The van der Waals surface area contributed by atoms with Crippen molar-refractivity contribution in [3.05, 3.63) is 0 Å². The number of carbonyl (C=O) groups excluding carboxylic acids is 2. The summed E-state index contributed by atoms with van der Waals surface area (Å²) in [7, 11) is 1.90. The Bertz CT molecular complexity index is 357. The van der Waals surface area contributed by atoms with E-state index in [2.05, 4.69) is 17.6 Å². The number of likely N-dealkylation sites (N-methyl/N-ethyl adjacent to an activating group) is 1. The van der Waals surface area contributed by atoms with Crippen molar-refractivity contribution in [3.63, 3.8) is 0 Å². The van der Waals surface area contributed by atoms with E-state index in [4.69, 9.17) is 0 Å². The van der Waals surface area contributed by atoms with Gasteiger partial charge in [-0.25, -0.2) is 0 Å². The summed E-state index contributed by atoms with van der Waals surface area (Å²) >= 11 is 0. The monoisotopic (exact) mass is 298 g/mol. The summed E-state index contributed by atoms with van der Waals surface area (Å²) in [5.41, 5.74) is 0. The highest BCUT2D eigenvalue weighted by Crippen LogP contribution is 2.23. The molecule has 122 valence electrons. The van der Waals surface area contributed by atoms with Crippen LogP contribution in [0.15, 0.2) is 0 Å². The molecule has 21 heavy (non-hydrogen) atoms. The number of rotatable bonds is 6. The van der Waals surface area contributed by atoms with E-state index in [0.29, 0.717) is 18.5 Å². The van der Waals surface area contributed by atoms with Crippen LogP contribution in [0.4, 0.5) is 0 Å². The Balaban J connectivity index is 2.43. The number of carbonyl (C=O) groups is 2. The van der Waals surface area contributed by atoms with Gasteiger partial charge in [-0.3, -0.25) is 9.59 Å². The first-order valence-electron chi connectivity index (χ1n) is 8.23. The molecule has 1 saturated carbocycles. The van der Waals surface area contributed by atoms with Gasteiger partial charge < -0.3 is 15.5 Å². The van der Waals surface area contributed by atoms with E-state index in [0.717, 1.165) is 11.3 Å². The Labute approximate surface area is 128 Å². The standard InChI is InChI=1S/C16H31N3O2/c1-11(2)17-15(20)10-19(5)13(4)16(21)18-14-9-7-6-8-12(14)3/h11-14H,6-10H2,1-5H3,(H,17,20)(H,18,21)/p+1/t12-,13-,14-/m1/s1. The lowest BCUT2D eigenvalue weighted by atomic mass is 9.86. The fraction of sp³-hybridized carbons (Fsp3) is 0.875. The molecule has 1 rings (SSSR count). The Morgan fingerprint density at radius 3 is 2.38 bits per heavy atom. The van der Waals surface area contributed by atoms with E-state index >= 15 is 0 Å². The molecule has 2 amide bonds. The van der Waals surface area contributed by atoms with E-state index < -0.39 is 0 Å². The maximum absolute atomic E-state index is 12.3.